The maximum atomic E-state index is 14.6. The lowest BCUT2D eigenvalue weighted by Gasteiger charge is -2.37. The van der Waals surface area contributed by atoms with Gasteiger partial charge >= 0.3 is 12.3 Å². The van der Waals surface area contributed by atoms with Gasteiger partial charge in [0.05, 0.1) is 24.7 Å². The summed E-state index contributed by atoms with van der Waals surface area (Å²) in [5.74, 6) is -1.31. The number of amides is 3. The number of carbonyl (C=O) groups is 3. The fourth-order valence-corrected chi connectivity index (χ4v) is 7.65. The molecule has 1 aromatic carbocycles. The molecule has 280 valence electrons. The molecule has 3 amide bonds. The number of nitrogens with zero attached hydrogens (tertiary/aromatic N) is 2. The van der Waals surface area contributed by atoms with E-state index in [1.54, 1.807) is 13.0 Å². The van der Waals surface area contributed by atoms with Crippen molar-refractivity contribution in [1.29, 1.82) is 0 Å². The number of methoxy groups -OCH3 is 1. The average Bonchev–Trinajstić information content (AvgIpc) is 3.66. The summed E-state index contributed by atoms with van der Waals surface area (Å²) in [5, 5.41) is 5.91. The van der Waals surface area contributed by atoms with E-state index in [2.05, 4.69) is 26.9 Å². The Morgan fingerprint density at radius 2 is 2.02 bits per heavy atom. The molecule has 1 spiro atoms. The first-order valence-corrected chi connectivity index (χ1v) is 17.1. The van der Waals surface area contributed by atoms with E-state index in [1.807, 2.05) is 12.2 Å². The van der Waals surface area contributed by atoms with Crippen molar-refractivity contribution in [3.8, 4) is 11.5 Å². The van der Waals surface area contributed by atoms with Crippen molar-refractivity contribution in [2.45, 2.75) is 101 Å². The lowest BCUT2D eigenvalue weighted by atomic mass is 9.87. The van der Waals surface area contributed by atoms with Crippen LogP contribution in [0.2, 0.25) is 0 Å². The zero-order chi connectivity index (χ0) is 36.7. The number of aryl methyl sites for hydroxylation is 1. The second-order valence-electron chi connectivity index (χ2n) is 13.9. The number of benzene rings is 1. The summed E-state index contributed by atoms with van der Waals surface area (Å²) in [4.78, 5) is 46.3. The van der Waals surface area contributed by atoms with Crippen molar-refractivity contribution in [1.82, 2.24) is 20.5 Å². The van der Waals surface area contributed by atoms with E-state index in [9.17, 15) is 36.3 Å². The van der Waals surface area contributed by atoms with Gasteiger partial charge in [0.25, 0.3) is 6.43 Å². The lowest BCUT2D eigenvalue weighted by Crippen LogP contribution is -2.55. The number of fused-ring (bicyclic) bond motifs is 5. The highest BCUT2D eigenvalue weighted by Gasteiger charge is 2.58. The van der Waals surface area contributed by atoms with Crippen LogP contribution in [0.1, 0.15) is 72.4 Å². The number of pyridine rings is 1. The van der Waals surface area contributed by atoms with Crippen LogP contribution in [0.15, 0.2) is 42.5 Å². The summed E-state index contributed by atoms with van der Waals surface area (Å²) in [7, 11) is 1.44. The third-order valence-electron chi connectivity index (χ3n) is 10.4. The Labute approximate surface area is 294 Å². The van der Waals surface area contributed by atoms with Crippen LogP contribution >= 0.6 is 0 Å². The number of ether oxygens (including phenoxy) is 3. The molecule has 6 rings (SSSR count). The molecule has 0 radical (unpaired) electrons. The molecule has 1 aromatic heterocycles. The zero-order valence-electron chi connectivity index (χ0n) is 28.4. The summed E-state index contributed by atoms with van der Waals surface area (Å²) < 4.78 is 85.5. The maximum absolute atomic E-state index is 14.6. The van der Waals surface area contributed by atoms with Crippen molar-refractivity contribution >= 4 is 28.8 Å². The molecule has 0 unspecified atom stereocenters. The first-order chi connectivity index (χ1) is 24.2. The minimum Gasteiger partial charge on any atom is -0.497 e. The number of halogens is 5. The minimum atomic E-state index is -4.89. The second-order valence-corrected chi connectivity index (χ2v) is 13.9. The van der Waals surface area contributed by atoms with Gasteiger partial charge in [-0.25, -0.2) is 18.6 Å². The molecule has 3 aliphatic heterocycles. The van der Waals surface area contributed by atoms with Crippen molar-refractivity contribution in [3.63, 3.8) is 0 Å². The molecule has 1 saturated carbocycles. The largest absolute Gasteiger partial charge is 0.497 e. The number of hydrogen-bond acceptors (Lipinski definition) is 7. The van der Waals surface area contributed by atoms with Crippen molar-refractivity contribution in [3.05, 3.63) is 53.8 Å². The van der Waals surface area contributed by atoms with Crippen LogP contribution in [-0.4, -0.2) is 77.7 Å². The summed E-state index contributed by atoms with van der Waals surface area (Å²) in [5.41, 5.74) is -2.30. The molecular weight excluding hydrogens is 679 g/mol. The van der Waals surface area contributed by atoms with E-state index in [-0.39, 0.29) is 52.1 Å². The third-order valence-corrected chi connectivity index (χ3v) is 10.4. The predicted octanol–water partition coefficient (Wildman–Crippen LogP) is 6.75. The number of rotatable bonds is 5. The van der Waals surface area contributed by atoms with Gasteiger partial charge in [0.15, 0.2) is 18.1 Å². The number of aromatic nitrogens is 1. The Kier molecular flexibility index (Phi) is 9.94. The highest BCUT2D eigenvalue weighted by atomic mass is 19.4. The molecule has 51 heavy (non-hydrogen) atoms. The minimum absolute atomic E-state index is 0. The van der Waals surface area contributed by atoms with Gasteiger partial charge in [0.2, 0.25) is 11.8 Å². The van der Waals surface area contributed by atoms with Crippen LogP contribution < -0.4 is 20.1 Å². The van der Waals surface area contributed by atoms with Crippen molar-refractivity contribution in [2.24, 2.45) is 5.92 Å². The van der Waals surface area contributed by atoms with Crippen LogP contribution in [0.5, 0.6) is 11.5 Å². The summed E-state index contributed by atoms with van der Waals surface area (Å²) in [6.45, 7) is 4.46. The molecule has 15 heteroatoms. The Balaban J connectivity index is 0.00000314. The van der Waals surface area contributed by atoms with E-state index in [1.165, 1.54) is 24.1 Å². The number of alkyl halides is 5. The van der Waals surface area contributed by atoms with Gasteiger partial charge in [-0.3, -0.25) is 9.59 Å². The molecule has 1 saturated heterocycles. The van der Waals surface area contributed by atoms with E-state index in [0.717, 1.165) is 12.8 Å². The summed E-state index contributed by atoms with van der Waals surface area (Å²) in [6.07, 6.45) is -1.40. The predicted molar refractivity (Wildman–Crippen MR) is 180 cm³/mol. The van der Waals surface area contributed by atoms with Crippen LogP contribution in [0.3, 0.4) is 0 Å². The molecular formula is C36H45F5N4O6. The van der Waals surface area contributed by atoms with Gasteiger partial charge in [-0.1, -0.05) is 37.1 Å². The quantitative estimate of drug-likeness (QED) is 0.259. The van der Waals surface area contributed by atoms with Gasteiger partial charge in [0, 0.05) is 26.1 Å². The third kappa shape index (κ3) is 7.34. The molecule has 2 fully saturated rings. The molecule has 4 heterocycles. The number of alkyl carbamates (subject to hydrolysis) is 1. The van der Waals surface area contributed by atoms with Crippen LogP contribution in [0, 0.1) is 5.92 Å². The molecule has 0 bridgehead atoms. The maximum Gasteiger partial charge on any atom is 0.437 e. The number of allylic oxidation sites excluding steroid dienone is 1. The van der Waals surface area contributed by atoms with Crippen LogP contribution in [0.25, 0.3) is 10.9 Å². The molecule has 10 nitrogen and oxygen atoms in total. The monoisotopic (exact) mass is 724 g/mol. The van der Waals surface area contributed by atoms with E-state index in [0.29, 0.717) is 36.0 Å². The van der Waals surface area contributed by atoms with Gasteiger partial charge in [-0.2, -0.15) is 13.2 Å². The van der Waals surface area contributed by atoms with E-state index >= 15 is 0 Å². The molecule has 4 aliphatic rings. The summed E-state index contributed by atoms with van der Waals surface area (Å²) in [6, 6.07) is 2.10. The molecule has 2 aromatic rings. The average molecular weight is 725 g/mol. The Morgan fingerprint density at radius 1 is 1.24 bits per heavy atom. The van der Waals surface area contributed by atoms with Gasteiger partial charge in [-0.15, -0.1) is 0 Å². The Hall–Kier alpha value is -4.43. The Bertz CT molecular complexity index is 1760. The lowest BCUT2D eigenvalue weighted by molar-refractivity contribution is -0.144. The van der Waals surface area contributed by atoms with Crippen molar-refractivity contribution < 1.29 is 53.4 Å². The highest BCUT2D eigenvalue weighted by Crippen LogP contribution is 2.51. The molecule has 2 N–H and O–H groups in total. The number of hydrogen-bond donors (Lipinski definition) is 2. The Morgan fingerprint density at radius 3 is 2.73 bits per heavy atom. The highest BCUT2D eigenvalue weighted by molar-refractivity contribution is 5.93. The van der Waals surface area contributed by atoms with Gasteiger partial charge in [0.1, 0.15) is 23.4 Å². The fourth-order valence-electron chi connectivity index (χ4n) is 7.65. The van der Waals surface area contributed by atoms with Crippen LogP contribution in [0.4, 0.5) is 26.7 Å². The van der Waals surface area contributed by atoms with Gasteiger partial charge < -0.3 is 29.7 Å². The molecule has 5 atom stereocenters. The first-order valence-electron chi connectivity index (χ1n) is 17.1. The van der Waals surface area contributed by atoms with E-state index in [4.69, 9.17) is 9.47 Å². The van der Waals surface area contributed by atoms with Crippen LogP contribution in [-0.2, 0) is 26.9 Å². The molecule has 1 aliphatic carbocycles. The second kappa shape index (κ2) is 13.9. The topological polar surface area (TPSA) is 119 Å². The smallest absolute Gasteiger partial charge is 0.437 e. The standard InChI is InChI=1S/C36H41F5N4O6.2H2/c1-20(2)35-16-21(35)9-7-5-4-6-8-10-26(43-33(48)50-18-28(37)38)32(47)45-19-34(17-27(45)31(46)44-35)14-13-23-24-15-22(49-3)11-12-25(24)42-30(29(23)51-34)36(39,40)41;;/h7,9,11-12,15,21,26-28H,1,4-6,8,10,13-14,16-19H2,2-3H3,(H,43,48)(H,44,46);2*1H/b9-7-;;/t21-,26+,27+,34-,35+;;/m1../s1. The number of carbonyl (C=O) groups excluding carboxylic acids is 3. The van der Waals surface area contributed by atoms with Crippen molar-refractivity contribution in [2.75, 3.05) is 20.3 Å². The first kappa shape index (κ1) is 36.4. The SMILES string of the molecule is C=C(C)[C@@]12C[C@H]1/C=C\CCCCC[C@H](NC(=O)OCC(F)F)C(=O)N1C[C@@]3(CCc4c(c(C(F)(F)F)nc5ccc(OC)cc45)O3)C[C@H]1C(=O)N2.[HH].[HH]. The normalized spacial score (nSPS) is 28.8. The summed E-state index contributed by atoms with van der Waals surface area (Å²) >= 11 is 0. The fraction of sp³-hybridized carbons (Fsp3) is 0.556. The zero-order valence-corrected chi connectivity index (χ0v) is 28.4. The number of nitrogens with one attached hydrogen (secondary N) is 2. The van der Waals surface area contributed by atoms with E-state index < -0.39 is 71.8 Å². The van der Waals surface area contributed by atoms with Gasteiger partial charge in [-0.05, 0) is 63.6 Å².